The number of hydrogen-bond donors (Lipinski definition) is 1. The van der Waals surface area contributed by atoms with Gasteiger partial charge in [-0.3, -0.25) is 4.79 Å². The molecule has 1 rings (SSSR count). The molecule has 5 nitrogen and oxygen atoms in total. The molecule has 0 aliphatic rings. The Morgan fingerprint density at radius 3 is 2.85 bits per heavy atom. The summed E-state index contributed by atoms with van der Waals surface area (Å²) in [6, 6.07) is 1.65. The number of rotatable bonds is 8. The lowest BCUT2D eigenvalue weighted by molar-refractivity contribution is 0.0947. The van der Waals surface area contributed by atoms with Crippen molar-refractivity contribution in [2.75, 3.05) is 25.0 Å². The van der Waals surface area contributed by atoms with Gasteiger partial charge in [-0.25, -0.2) is 9.97 Å². The first-order valence-corrected chi connectivity index (χ1v) is 7.37. The number of carbonyl (C=O) groups excluding carboxylic acids is 1. The maximum atomic E-state index is 12.0. The van der Waals surface area contributed by atoms with Crippen LogP contribution in [0.3, 0.4) is 0 Å². The number of unbranched alkanes of at least 4 members (excludes halogenated alkanes) is 1. The van der Waals surface area contributed by atoms with Gasteiger partial charge in [0, 0.05) is 26.3 Å². The molecular weight excluding hydrogens is 252 g/mol. The van der Waals surface area contributed by atoms with E-state index >= 15 is 0 Å². The predicted molar refractivity (Wildman–Crippen MR) is 82.0 cm³/mol. The van der Waals surface area contributed by atoms with Crippen LogP contribution in [-0.2, 0) is 0 Å². The topological polar surface area (TPSA) is 58.1 Å². The Morgan fingerprint density at radius 1 is 1.45 bits per heavy atom. The fraction of sp³-hybridized carbons (Fsp3) is 0.667. The third-order valence-corrected chi connectivity index (χ3v) is 3.07. The summed E-state index contributed by atoms with van der Waals surface area (Å²) < 4.78 is 0. The molecule has 20 heavy (non-hydrogen) atoms. The van der Waals surface area contributed by atoms with E-state index in [1.807, 2.05) is 11.9 Å². The summed E-state index contributed by atoms with van der Waals surface area (Å²) >= 11 is 0. The van der Waals surface area contributed by atoms with Crippen molar-refractivity contribution in [1.29, 1.82) is 0 Å². The fourth-order valence-corrected chi connectivity index (χ4v) is 1.72. The SMILES string of the molecule is CCCCN(C)c1nccc(C(=O)NCCC(C)C)n1. The fourth-order valence-electron chi connectivity index (χ4n) is 1.72. The highest BCUT2D eigenvalue weighted by atomic mass is 16.1. The summed E-state index contributed by atoms with van der Waals surface area (Å²) in [5.74, 6) is 1.06. The molecule has 0 aromatic carbocycles. The average molecular weight is 278 g/mol. The van der Waals surface area contributed by atoms with E-state index in [9.17, 15) is 4.79 Å². The van der Waals surface area contributed by atoms with E-state index in [1.165, 1.54) is 0 Å². The van der Waals surface area contributed by atoms with Crippen LogP contribution in [0.1, 0.15) is 50.5 Å². The molecule has 0 atom stereocenters. The van der Waals surface area contributed by atoms with Gasteiger partial charge in [-0.1, -0.05) is 27.2 Å². The minimum atomic E-state index is -0.127. The smallest absolute Gasteiger partial charge is 0.270 e. The number of hydrogen-bond acceptors (Lipinski definition) is 4. The number of nitrogens with one attached hydrogen (secondary N) is 1. The molecule has 0 radical (unpaired) electrons. The standard InChI is InChI=1S/C15H26N4O/c1-5-6-11-19(4)15-17-10-8-13(18-15)14(20)16-9-7-12(2)3/h8,10,12H,5-7,9,11H2,1-4H3,(H,16,20). The van der Waals surface area contributed by atoms with E-state index in [2.05, 4.69) is 36.1 Å². The molecule has 0 saturated heterocycles. The molecule has 5 heteroatoms. The molecular formula is C15H26N4O. The van der Waals surface area contributed by atoms with Crippen LogP contribution in [0.4, 0.5) is 5.95 Å². The van der Waals surface area contributed by atoms with Crippen molar-refractivity contribution in [3.05, 3.63) is 18.0 Å². The quantitative estimate of drug-likeness (QED) is 0.793. The lowest BCUT2D eigenvalue weighted by Crippen LogP contribution is -2.27. The summed E-state index contributed by atoms with van der Waals surface area (Å²) in [5, 5.41) is 2.89. The van der Waals surface area contributed by atoms with Crippen LogP contribution >= 0.6 is 0 Å². The largest absolute Gasteiger partial charge is 0.351 e. The first kappa shape index (κ1) is 16.4. The van der Waals surface area contributed by atoms with Crippen LogP contribution in [0.2, 0.25) is 0 Å². The van der Waals surface area contributed by atoms with E-state index in [0.717, 1.165) is 25.8 Å². The zero-order valence-electron chi connectivity index (χ0n) is 13.0. The normalized spacial score (nSPS) is 10.7. The van der Waals surface area contributed by atoms with Crippen molar-refractivity contribution in [3.8, 4) is 0 Å². The van der Waals surface area contributed by atoms with Gasteiger partial charge < -0.3 is 10.2 Å². The van der Waals surface area contributed by atoms with Gasteiger partial charge in [0.25, 0.3) is 5.91 Å². The summed E-state index contributed by atoms with van der Waals surface area (Å²) in [6.45, 7) is 8.00. The Hall–Kier alpha value is -1.65. The van der Waals surface area contributed by atoms with Crippen molar-refractivity contribution in [1.82, 2.24) is 15.3 Å². The maximum absolute atomic E-state index is 12.0. The molecule has 1 N–H and O–H groups in total. The Labute approximate surface area is 121 Å². The lowest BCUT2D eigenvalue weighted by Gasteiger charge is -2.16. The van der Waals surface area contributed by atoms with E-state index in [4.69, 9.17) is 0 Å². The van der Waals surface area contributed by atoms with E-state index in [0.29, 0.717) is 24.1 Å². The second kappa shape index (κ2) is 8.51. The van der Waals surface area contributed by atoms with Gasteiger partial charge in [-0.2, -0.15) is 0 Å². The van der Waals surface area contributed by atoms with Gasteiger partial charge in [0.15, 0.2) is 0 Å². The van der Waals surface area contributed by atoms with E-state index in [-0.39, 0.29) is 5.91 Å². The Balaban J connectivity index is 2.60. The number of aromatic nitrogens is 2. The van der Waals surface area contributed by atoms with Gasteiger partial charge in [0.05, 0.1) is 0 Å². The molecule has 1 heterocycles. The van der Waals surface area contributed by atoms with Gasteiger partial charge in [0.2, 0.25) is 5.95 Å². The first-order valence-electron chi connectivity index (χ1n) is 7.37. The van der Waals surface area contributed by atoms with Gasteiger partial charge in [-0.05, 0) is 24.8 Å². The van der Waals surface area contributed by atoms with Crippen LogP contribution in [0.25, 0.3) is 0 Å². The molecule has 1 amide bonds. The summed E-state index contributed by atoms with van der Waals surface area (Å²) in [7, 11) is 1.95. The van der Waals surface area contributed by atoms with Crippen LogP contribution in [-0.4, -0.2) is 36.0 Å². The summed E-state index contributed by atoms with van der Waals surface area (Å²) in [4.78, 5) is 22.5. The molecule has 0 aliphatic carbocycles. The zero-order chi connectivity index (χ0) is 15.0. The van der Waals surface area contributed by atoms with Gasteiger partial charge in [0.1, 0.15) is 5.69 Å². The number of amides is 1. The molecule has 1 aromatic rings. The second-order valence-electron chi connectivity index (χ2n) is 5.46. The summed E-state index contributed by atoms with van der Waals surface area (Å²) in [5.41, 5.74) is 0.433. The Bertz CT molecular complexity index is 420. The molecule has 0 aliphatic heterocycles. The number of carbonyl (C=O) groups is 1. The van der Waals surface area contributed by atoms with Crippen LogP contribution in [0.15, 0.2) is 12.3 Å². The molecule has 0 saturated carbocycles. The van der Waals surface area contributed by atoms with Crippen LogP contribution in [0, 0.1) is 5.92 Å². The van der Waals surface area contributed by atoms with Crippen molar-refractivity contribution in [2.45, 2.75) is 40.0 Å². The third-order valence-electron chi connectivity index (χ3n) is 3.07. The molecule has 1 aromatic heterocycles. The van der Waals surface area contributed by atoms with E-state index in [1.54, 1.807) is 12.3 Å². The highest BCUT2D eigenvalue weighted by molar-refractivity contribution is 5.92. The van der Waals surface area contributed by atoms with Gasteiger partial charge in [-0.15, -0.1) is 0 Å². The van der Waals surface area contributed by atoms with Crippen LogP contribution in [0.5, 0.6) is 0 Å². The Kier molecular flexibility index (Phi) is 6.98. The van der Waals surface area contributed by atoms with Crippen molar-refractivity contribution in [2.24, 2.45) is 5.92 Å². The van der Waals surface area contributed by atoms with Crippen molar-refractivity contribution >= 4 is 11.9 Å². The van der Waals surface area contributed by atoms with Crippen molar-refractivity contribution < 1.29 is 4.79 Å². The molecule has 0 bridgehead atoms. The third kappa shape index (κ3) is 5.55. The first-order chi connectivity index (χ1) is 9.54. The predicted octanol–water partition coefficient (Wildman–Crippen LogP) is 2.49. The maximum Gasteiger partial charge on any atom is 0.270 e. The minimum Gasteiger partial charge on any atom is -0.351 e. The molecule has 0 unspecified atom stereocenters. The number of anilines is 1. The molecule has 0 fully saturated rings. The zero-order valence-corrected chi connectivity index (χ0v) is 13.0. The highest BCUT2D eigenvalue weighted by Crippen LogP contribution is 2.07. The highest BCUT2D eigenvalue weighted by Gasteiger charge is 2.10. The second-order valence-corrected chi connectivity index (χ2v) is 5.46. The summed E-state index contributed by atoms with van der Waals surface area (Å²) in [6.07, 6.45) is 4.83. The minimum absolute atomic E-state index is 0.127. The van der Waals surface area contributed by atoms with E-state index < -0.39 is 0 Å². The average Bonchev–Trinajstić information content (AvgIpc) is 2.44. The molecule has 112 valence electrons. The number of nitrogens with zero attached hydrogens (tertiary/aromatic N) is 3. The van der Waals surface area contributed by atoms with Crippen molar-refractivity contribution in [3.63, 3.8) is 0 Å². The van der Waals surface area contributed by atoms with Crippen LogP contribution < -0.4 is 10.2 Å². The molecule has 0 spiro atoms. The van der Waals surface area contributed by atoms with Gasteiger partial charge >= 0.3 is 0 Å². The Morgan fingerprint density at radius 2 is 2.20 bits per heavy atom. The monoisotopic (exact) mass is 278 g/mol. The lowest BCUT2D eigenvalue weighted by atomic mass is 10.1.